The number of hydrogen-bond donors (Lipinski definition) is 0. The first kappa shape index (κ1) is 13.1. The maximum atomic E-state index is 11.9. The van der Waals surface area contributed by atoms with E-state index < -0.39 is 18.9 Å². The van der Waals surface area contributed by atoms with Crippen molar-refractivity contribution in [1.82, 2.24) is 4.90 Å². The molecule has 1 aliphatic rings. The van der Waals surface area contributed by atoms with Gasteiger partial charge in [-0.2, -0.15) is 13.2 Å². The third-order valence-electron chi connectivity index (χ3n) is 2.97. The summed E-state index contributed by atoms with van der Waals surface area (Å²) in [4.78, 5) is 12.8. The fourth-order valence-electron chi connectivity index (χ4n) is 1.82. The van der Waals surface area contributed by atoms with Gasteiger partial charge in [0.05, 0.1) is 0 Å². The molecule has 1 heterocycles. The molecule has 1 amide bonds. The molecule has 0 saturated carbocycles. The van der Waals surface area contributed by atoms with Crippen molar-refractivity contribution in [3.8, 4) is 0 Å². The van der Waals surface area contributed by atoms with Crippen LogP contribution in [0.3, 0.4) is 0 Å². The minimum atomic E-state index is -4.46. The minimum Gasteiger partial charge on any atom is -0.440 e. The first-order chi connectivity index (χ1) is 7.31. The summed E-state index contributed by atoms with van der Waals surface area (Å²) in [7, 11) is 0. The lowest BCUT2D eigenvalue weighted by atomic mass is 9.92. The highest BCUT2D eigenvalue weighted by Crippen LogP contribution is 2.24. The van der Waals surface area contributed by atoms with Gasteiger partial charge in [0.1, 0.15) is 0 Å². The zero-order valence-corrected chi connectivity index (χ0v) is 9.38. The SMILES string of the molecule is CC1CCCN(C(=O)OCC(F)(F)F)C1C. The van der Waals surface area contributed by atoms with Crippen molar-refractivity contribution in [2.24, 2.45) is 5.92 Å². The number of nitrogens with zero attached hydrogens (tertiary/aromatic N) is 1. The second kappa shape index (κ2) is 4.93. The lowest BCUT2D eigenvalue weighted by Gasteiger charge is -2.37. The largest absolute Gasteiger partial charge is 0.440 e. The van der Waals surface area contributed by atoms with Crippen LogP contribution in [0.25, 0.3) is 0 Å². The minimum absolute atomic E-state index is 0.0607. The van der Waals surface area contributed by atoms with E-state index in [9.17, 15) is 18.0 Å². The fourth-order valence-corrected chi connectivity index (χ4v) is 1.82. The van der Waals surface area contributed by atoms with E-state index >= 15 is 0 Å². The van der Waals surface area contributed by atoms with Crippen LogP contribution in [-0.4, -0.2) is 36.4 Å². The molecule has 0 aromatic heterocycles. The van der Waals surface area contributed by atoms with Crippen LogP contribution in [0, 0.1) is 5.92 Å². The van der Waals surface area contributed by atoms with Crippen LogP contribution in [0.5, 0.6) is 0 Å². The molecule has 1 rings (SSSR count). The van der Waals surface area contributed by atoms with Gasteiger partial charge in [0.25, 0.3) is 0 Å². The normalized spacial score (nSPS) is 26.7. The molecular formula is C10H16F3NO2. The Balaban J connectivity index is 2.47. The van der Waals surface area contributed by atoms with Gasteiger partial charge in [-0.1, -0.05) is 6.92 Å². The lowest BCUT2D eigenvalue weighted by molar-refractivity contribution is -0.163. The number of rotatable bonds is 1. The first-order valence-corrected chi connectivity index (χ1v) is 5.31. The summed E-state index contributed by atoms with van der Waals surface area (Å²) in [6.45, 7) is 2.78. The van der Waals surface area contributed by atoms with Gasteiger partial charge in [0.15, 0.2) is 6.61 Å². The first-order valence-electron chi connectivity index (χ1n) is 5.31. The molecule has 0 aromatic carbocycles. The Labute approximate surface area is 92.5 Å². The Kier molecular flexibility index (Phi) is 4.04. The van der Waals surface area contributed by atoms with Crippen molar-refractivity contribution < 1.29 is 22.7 Å². The average Bonchev–Trinajstić information content (AvgIpc) is 2.17. The molecule has 6 heteroatoms. The van der Waals surface area contributed by atoms with Gasteiger partial charge >= 0.3 is 12.3 Å². The molecule has 16 heavy (non-hydrogen) atoms. The van der Waals surface area contributed by atoms with Crippen LogP contribution in [-0.2, 0) is 4.74 Å². The summed E-state index contributed by atoms with van der Waals surface area (Å²) in [5.41, 5.74) is 0. The van der Waals surface area contributed by atoms with Gasteiger partial charge in [0, 0.05) is 12.6 Å². The summed E-state index contributed by atoms with van der Waals surface area (Å²) in [6, 6.07) is -0.0607. The summed E-state index contributed by atoms with van der Waals surface area (Å²) in [5, 5.41) is 0. The number of ether oxygens (including phenoxy) is 1. The van der Waals surface area contributed by atoms with Crippen molar-refractivity contribution in [3.63, 3.8) is 0 Å². The van der Waals surface area contributed by atoms with Crippen LogP contribution in [0.2, 0.25) is 0 Å². The number of hydrogen-bond acceptors (Lipinski definition) is 2. The molecule has 2 atom stereocenters. The maximum absolute atomic E-state index is 11.9. The van der Waals surface area contributed by atoms with Gasteiger partial charge in [0.2, 0.25) is 0 Å². The van der Waals surface area contributed by atoms with E-state index in [1.165, 1.54) is 4.90 Å². The predicted octanol–water partition coefficient (Wildman–Crippen LogP) is 2.81. The molecule has 0 spiro atoms. The van der Waals surface area contributed by atoms with E-state index in [1.54, 1.807) is 0 Å². The number of halogens is 3. The van der Waals surface area contributed by atoms with Crippen LogP contribution in [0.4, 0.5) is 18.0 Å². The smallest absolute Gasteiger partial charge is 0.422 e. The topological polar surface area (TPSA) is 29.5 Å². The third kappa shape index (κ3) is 3.57. The quantitative estimate of drug-likeness (QED) is 0.704. The second-order valence-electron chi connectivity index (χ2n) is 4.22. The van der Waals surface area contributed by atoms with Crippen LogP contribution in [0.1, 0.15) is 26.7 Å². The second-order valence-corrected chi connectivity index (χ2v) is 4.22. The summed E-state index contributed by atoms with van der Waals surface area (Å²) in [6.07, 6.45) is -3.52. The zero-order chi connectivity index (χ0) is 12.3. The van der Waals surface area contributed by atoms with Gasteiger partial charge in [-0.05, 0) is 25.7 Å². The van der Waals surface area contributed by atoms with Crippen LogP contribution < -0.4 is 0 Å². The number of amides is 1. The third-order valence-corrected chi connectivity index (χ3v) is 2.97. The molecule has 0 bridgehead atoms. The maximum Gasteiger partial charge on any atom is 0.422 e. The summed E-state index contributed by atoms with van der Waals surface area (Å²) >= 11 is 0. The Hall–Kier alpha value is -0.940. The number of alkyl halides is 3. The van der Waals surface area contributed by atoms with E-state index in [2.05, 4.69) is 4.74 Å². The van der Waals surface area contributed by atoms with Crippen LogP contribution >= 0.6 is 0 Å². The lowest BCUT2D eigenvalue weighted by Crippen LogP contribution is -2.46. The molecule has 1 fully saturated rings. The molecule has 94 valence electrons. The average molecular weight is 239 g/mol. The number of likely N-dealkylation sites (tertiary alicyclic amines) is 1. The highest BCUT2D eigenvalue weighted by atomic mass is 19.4. The van der Waals surface area contributed by atoms with Crippen molar-refractivity contribution in [1.29, 1.82) is 0 Å². The highest BCUT2D eigenvalue weighted by Gasteiger charge is 2.33. The van der Waals surface area contributed by atoms with Crippen molar-refractivity contribution in [2.45, 2.75) is 38.9 Å². The van der Waals surface area contributed by atoms with E-state index in [-0.39, 0.29) is 6.04 Å². The van der Waals surface area contributed by atoms with Crippen molar-refractivity contribution in [2.75, 3.05) is 13.2 Å². The highest BCUT2D eigenvalue weighted by molar-refractivity contribution is 5.68. The van der Waals surface area contributed by atoms with Gasteiger partial charge in [-0.3, -0.25) is 0 Å². The molecule has 0 aromatic rings. The van der Waals surface area contributed by atoms with Crippen molar-refractivity contribution in [3.05, 3.63) is 0 Å². The summed E-state index contributed by atoms with van der Waals surface area (Å²) < 4.78 is 39.8. The monoisotopic (exact) mass is 239 g/mol. The van der Waals surface area contributed by atoms with Crippen LogP contribution in [0.15, 0.2) is 0 Å². The van der Waals surface area contributed by atoms with Crippen molar-refractivity contribution >= 4 is 6.09 Å². The Morgan fingerprint density at radius 2 is 2.06 bits per heavy atom. The predicted molar refractivity (Wildman–Crippen MR) is 52.0 cm³/mol. The Bertz CT molecular complexity index is 255. The van der Waals surface area contributed by atoms with Gasteiger partial charge in [-0.15, -0.1) is 0 Å². The van der Waals surface area contributed by atoms with E-state index in [4.69, 9.17) is 0 Å². The molecule has 0 radical (unpaired) electrons. The number of carbonyl (C=O) groups excluding carboxylic acids is 1. The Morgan fingerprint density at radius 3 is 2.62 bits per heavy atom. The molecular weight excluding hydrogens is 223 g/mol. The number of carbonyl (C=O) groups is 1. The van der Waals surface area contributed by atoms with E-state index in [0.717, 1.165) is 12.8 Å². The fraction of sp³-hybridized carbons (Fsp3) is 0.900. The molecule has 1 aliphatic heterocycles. The summed E-state index contributed by atoms with van der Waals surface area (Å²) in [5.74, 6) is 0.298. The Morgan fingerprint density at radius 1 is 1.44 bits per heavy atom. The molecule has 1 saturated heterocycles. The molecule has 2 unspecified atom stereocenters. The molecule has 0 N–H and O–H groups in total. The van der Waals surface area contributed by atoms with Gasteiger partial charge < -0.3 is 9.64 Å². The standard InChI is InChI=1S/C10H16F3NO2/c1-7-4-3-5-14(8(7)2)9(15)16-6-10(11,12)13/h7-8H,3-6H2,1-2H3. The molecule has 3 nitrogen and oxygen atoms in total. The van der Waals surface area contributed by atoms with E-state index in [0.29, 0.717) is 12.5 Å². The molecule has 0 aliphatic carbocycles. The van der Waals surface area contributed by atoms with Gasteiger partial charge in [-0.25, -0.2) is 4.79 Å². The van der Waals surface area contributed by atoms with E-state index in [1.807, 2.05) is 13.8 Å². The zero-order valence-electron chi connectivity index (χ0n) is 9.38. The number of piperidine rings is 1.